The number of nitrogens with zero attached hydrogens (tertiary/aromatic N) is 1. The molecule has 0 saturated carbocycles. The van der Waals surface area contributed by atoms with E-state index in [0.717, 1.165) is 11.1 Å². The predicted molar refractivity (Wildman–Crippen MR) is 83.4 cm³/mol. The molecule has 0 aliphatic carbocycles. The van der Waals surface area contributed by atoms with Crippen molar-refractivity contribution in [1.29, 1.82) is 0 Å². The summed E-state index contributed by atoms with van der Waals surface area (Å²) in [5.74, 6) is 0.312. The maximum atomic E-state index is 11.3. The molecule has 20 heavy (non-hydrogen) atoms. The summed E-state index contributed by atoms with van der Waals surface area (Å²) in [6.07, 6.45) is 4.00. The highest BCUT2D eigenvalue weighted by Crippen LogP contribution is 2.27. The van der Waals surface area contributed by atoms with Crippen molar-refractivity contribution in [3.05, 3.63) is 36.5 Å². The quantitative estimate of drug-likeness (QED) is 0.848. The second-order valence-corrected chi connectivity index (χ2v) is 4.56. The Morgan fingerprint density at radius 3 is 2.55 bits per heavy atom. The van der Waals surface area contributed by atoms with Crippen LogP contribution in [0.15, 0.2) is 41.1 Å². The molecule has 0 bridgehead atoms. The molecule has 6 heteroatoms. The number of hydrogen-bond donors (Lipinski definition) is 2. The molecule has 0 aliphatic rings. The summed E-state index contributed by atoms with van der Waals surface area (Å²) in [5, 5.41) is 6.37. The molecule has 0 aliphatic heterocycles. The Bertz CT molecular complexity index is 512. The molecule has 0 atom stereocenters. The predicted octanol–water partition coefficient (Wildman–Crippen LogP) is 3.17. The van der Waals surface area contributed by atoms with Gasteiger partial charge in [0.15, 0.2) is 0 Å². The Hall–Kier alpha value is -1.79. The van der Waals surface area contributed by atoms with Crippen LogP contribution in [0.2, 0.25) is 0 Å². The molecule has 2 rings (SSSR count). The highest BCUT2D eigenvalue weighted by Gasteiger charge is 2.11. The lowest BCUT2D eigenvalue weighted by atomic mass is 10.1. The first-order valence-electron chi connectivity index (χ1n) is 6.22. The Kier molecular flexibility index (Phi) is 7.46. The molecular weight excluding hydrogens is 274 g/mol. The van der Waals surface area contributed by atoms with Crippen molar-refractivity contribution in [1.82, 2.24) is 9.88 Å². The Morgan fingerprint density at radius 1 is 1.35 bits per heavy atom. The molecule has 0 unspecified atom stereocenters. The number of amides is 1. The zero-order valence-electron chi connectivity index (χ0n) is 11.8. The van der Waals surface area contributed by atoms with Gasteiger partial charge < -0.3 is 4.52 Å². The molecule has 1 heterocycles. The normalized spacial score (nSPS) is 9.55. The zero-order chi connectivity index (χ0) is 14.8. The summed E-state index contributed by atoms with van der Waals surface area (Å²) in [6, 6.07) is 9.66. The van der Waals surface area contributed by atoms with Crippen LogP contribution in [0.1, 0.15) is 13.3 Å². The molecule has 0 radical (unpaired) electrons. The van der Waals surface area contributed by atoms with Gasteiger partial charge in [-0.1, -0.05) is 54.4 Å². The minimum Gasteiger partial charge on any atom is -0.338 e. The SMILES string of the molecule is CCC(=O)Nc1oncc1-c1ccccc1.CNSC. The van der Waals surface area contributed by atoms with Gasteiger partial charge in [0.1, 0.15) is 0 Å². The Labute approximate surface area is 123 Å². The minimum absolute atomic E-state index is 0.0890. The molecule has 0 saturated heterocycles. The van der Waals surface area contributed by atoms with Gasteiger partial charge in [-0.25, -0.2) is 0 Å². The van der Waals surface area contributed by atoms with E-state index in [1.54, 1.807) is 25.1 Å². The van der Waals surface area contributed by atoms with Crippen molar-refractivity contribution in [2.24, 2.45) is 0 Å². The first-order chi connectivity index (χ1) is 9.72. The second kappa shape index (κ2) is 9.17. The molecule has 1 aromatic carbocycles. The van der Waals surface area contributed by atoms with Gasteiger partial charge in [0.25, 0.3) is 0 Å². The monoisotopic (exact) mass is 293 g/mol. The topological polar surface area (TPSA) is 67.2 Å². The third kappa shape index (κ3) is 5.07. The molecule has 5 nitrogen and oxygen atoms in total. The molecule has 0 fully saturated rings. The maximum Gasteiger partial charge on any atom is 0.239 e. The van der Waals surface area contributed by atoms with Crippen LogP contribution in [-0.2, 0) is 4.79 Å². The molecule has 1 aromatic heterocycles. The van der Waals surface area contributed by atoms with Crippen molar-refractivity contribution in [3.63, 3.8) is 0 Å². The van der Waals surface area contributed by atoms with Crippen LogP contribution in [0.5, 0.6) is 0 Å². The van der Waals surface area contributed by atoms with E-state index < -0.39 is 0 Å². The highest BCUT2D eigenvalue weighted by atomic mass is 32.2. The van der Waals surface area contributed by atoms with E-state index in [1.165, 1.54) is 0 Å². The van der Waals surface area contributed by atoms with Crippen molar-refractivity contribution >= 4 is 23.7 Å². The average Bonchev–Trinajstić information content (AvgIpc) is 2.96. The van der Waals surface area contributed by atoms with E-state index in [0.29, 0.717) is 12.3 Å². The number of nitrogens with one attached hydrogen (secondary N) is 2. The molecular formula is C14H19N3O2S. The van der Waals surface area contributed by atoms with Crippen molar-refractivity contribution in [2.45, 2.75) is 13.3 Å². The zero-order valence-corrected chi connectivity index (χ0v) is 12.7. The number of carbonyl (C=O) groups excluding carboxylic acids is 1. The lowest BCUT2D eigenvalue weighted by Crippen LogP contribution is -2.09. The molecule has 1 amide bonds. The van der Waals surface area contributed by atoms with E-state index in [1.807, 2.05) is 43.6 Å². The van der Waals surface area contributed by atoms with Crippen LogP contribution in [0.4, 0.5) is 5.88 Å². The average molecular weight is 293 g/mol. The number of aromatic nitrogens is 1. The standard InChI is InChI=1S/C12H12N2O2.C2H7NS/c1-2-11(15)14-12-10(8-13-16-12)9-6-4-3-5-7-9;1-3-4-2/h3-8H,2H2,1H3,(H,14,15);3H,1-2H3. The number of carbonyl (C=O) groups is 1. The number of benzene rings is 1. The molecule has 0 spiro atoms. The van der Waals surface area contributed by atoms with Crippen molar-refractivity contribution in [2.75, 3.05) is 18.6 Å². The maximum absolute atomic E-state index is 11.3. The van der Waals surface area contributed by atoms with Gasteiger partial charge in [-0.2, -0.15) is 0 Å². The van der Waals surface area contributed by atoms with Gasteiger partial charge in [-0.3, -0.25) is 14.8 Å². The van der Waals surface area contributed by atoms with E-state index in [4.69, 9.17) is 4.52 Å². The van der Waals surface area contributed by atoms with E-state index >= 15 is 0 Å². The summed E-state index contributed by atoms with van der Waals surface area (Å²) in [6.45, 7) is 1.79. The highest BCUT2D eigenvalue weighted by molar-refractivity contribution is 7.96. The van der Waals surface area contributed by atoms with Crippen molar-refractivity contribution < 1.29 is 9.32 Å². The second-order valence-electron chi connectivity index (χ2n) is 3.74. The smallest absolute Gasteiger partial charge is 0.239 e. The van der Waals surface area contributed by atoms with Gasteiger partial charge in [0.05, 0.1) is 11.8 Å². The fourth-order valence-corrected chi connectivity index (χ4v) is 1.37. The number of rotatable bonds is 4. The largest absolute Gasteiger partial charge is 0.338 e. The van der Waals surface area contributed by atoms with Crippen LogP contribution in [0.25, 0.3) is 11.1 Å². The Morgan fingerprint density at radius 2 is 2.00 bits per heavy atom. The van der Waals surface area contributed by atoms with Crippen LogP contribution in [0.3, 0.4) is 0 Å². The summed E-state index contributed by atoms with van der Waals surface area (Å²) in [5.41, 5.74) is 1.76. The lowest BCUT2D eigenvalue weighted by Gasteiger charge is -2.01. The Balaban J connectivity index is 0.000000444. The van der Waals surface area contributed by atoms with E-state index in [9.17, 15) is 4.79 Å². The molecule has 2 aromatic rings. The van der Waals surface area contributed by atoms with Gasteiger partial charge >= 0.3 is 0 Å². The lowest BCUT2D eigenvalue weighted by molar-refractivity contribution is -0.116. The van der Waals surface area contributed by atoms with Crippen LogP contribution < -0.4 is 10.0 Å². The van der Waals surface area contributed by atoms with Gasteiger partial charge in [-0.15, -0.1) is 0 Å². The van der Waals surface area contributed by atoms with Crippen molar-refractivity contribution in [3.8, 4) is 11.1 Å². The fourth-order valence-electron chi connectivity index (χ4n) is 1.37. The van der Waals surface area contributed by atoms with Crippen LogP contribution in [-0.4, -0.2) is 24.4 Å². The van der Waals surface area contributed by atoms with Crippen LogP contribution >= 0.6 is 11.9 Å². The number of anilines is 1. The van der Waals surface area contributed by atoms with E-state index in [-0.39, 0.29) is 5.91 Å². The third-order valence-corrected chi connectivity index (χ3v) is 2.84. The summed E-state index contributed by atoms with van der Waals surface area (Å²) >= 11 is 1.61. The third-order valence-electron chi connectivity index (χ3n) is 2.43. The number of hydrogen-bond acceptors (Lipinski definition) is 5. The van der Waals surface area contributed by atoms with Crippen LogP contribution in [0, 0.1) is 0 Å². The van der Waals surface area contributed by atoms with Gasteiger partial charge in [0.2, 0.25) is 11.8 Å². The summed E-state index contributed by atoms with van der Waals surface area (Å²) < 4.78 is 7.86. The summed E-state index contributed by atoms with van der Waals surface area (Å²) in [4.78, 5) is 11.3. The first kappa shape index (κ1) is 16.3. The molecule has 2 N–H and O–H groups in total. The fraction of sp³-hybridized carbons (Fsp3) is 0.286. The van der Waals surface area contributed by atoms with Gasteiger partial charge in [0, 0.05) is 6.42 Å². The summed E-state index contributed by atoms with van der Waals surface area (Å²) in [7, 11) is 1.89. The van der Waals surface area contributed by atoms with E-state index in [2.05, 4.69) is 15.2 Å². The molecule has 108 valence electrons. The van der Waals surface area contributed by atoms with Gasteiger partial charge in [-0.05, 0) is 18.9 Å². The minimum atomic E-state index is -0.0890. The first-order valence-corrected chi connectivity index (χ1v) is 7.45.